The maximum Gasteiger partial charge on any atom is 0.247 e. The fraction of sp³-hybridized carbons (Fsp3) is 0.368. The molecule has 0 radical (unpaired) electrons. The van der Waals surface area contributed by atoms with Gasteiger partial charge in [0.25, 0.3) is 0 Å². The molecule has 1 aliphatic heterocycles. The van der Waals surface area contributed by atoms with E-state index in [0.29, 0.717) is 30.4 Å². The Morgan fingerprint density at radius 3 is 2.90 bits per heavy atom. The molecule has 1 aliphatic rings. The Bertz CT molecular complexity index is 1030. The molecule has 2 aromatic heterocycles. The Kier molecular flexibility index (Phi) is 5.07. The van der Waals surface area contributed by atoms with E-state index in [0.717, 1.165) is 11.3 Å². The van der Waals surface area contributed by atoms with Crippen molar-refractivity contribution in [1.82, 2.24) is 35.4 Å². The molecule has 1 aromatic carbocycles. The zero-order valence-corrected chi connectivity index (χ0v) is 16.2. The fourth-order valence-corrected chi connectivity index (χ4v) is 3.24. The number of hydrogen-bond donors (Lipinski definition) is 1. The SMILES string of the molecule is CC1C(=O)N(C)Cc2c(CNC(=O)CCc3nc(-c4ccccc4)no3)nnn21. The molecule has 29 heavy (non-hydrogen) atoms. The van der Waals surface area contributed by atoms with Crippen molar-refractivity contribution in [3.05, 3.63) is 47.6 Å². The standard InChI is InChI=1S/C19H21N7O3/c1-12-19(28)25(2)11-15-14(22-24-26(12)15)10-20-16(27)8-9-17-21-18(23-29-17)13-6-4-3-5-7-13/h3-7,12H,8-11H2,1-2H3,(H,20,27). The molecule has 0 saturated heterocycles. The van der Waals surface area contributed by atoms with Crippen LogP contribution in [0.15, 0.2) is 34.9 Å². The molecule has 3 aromatic rings. The van der Waals surface area contributed by atoms with E-state index in [2.05, 4.69) is 25.8 Å². The molecule has 0 bridgehead atoms. The third kappa shape index (κ3) is 3.86. The number of fused-ring (bicyclic) bond motifs is 1. The van der Waals surface area contributed by atoms with Crippen molar-refractivity contribution in [3.63, 3.8) is 0 Å². The Hall–Kier alpha value is -3.56. The molecule has 0 spiro atoms. The molecule has 1 atom stereocenters. The number of likely N-dealkylation sites (N-methyl/N-ethyl adjacent to an activating group) is 1. The van der Waals surface area contributed by atoms with Crippen LogP contribution in [-0.2, 0) is 29.1 Å². The van der Waals surface area contributed by atoms with Crippen LogP contribution >= 0.6 is 0 Å². The molecule has 4 rings (SSSR count). The molecule has 1 unspecified atom stereocenters. The number of aryl methyl sites for hydroxylation is 1. The Morgan fingerprint density at radius 2 is 2.10 bits per heavy atom. The Balaban J connectivity index is 1.31. The minimum absolute atomic E-state index is 0.00702. The average Bonchev–Trinajstić information content (AvgIpc) is 3.37. The van der Waals surface area contributed by atoms with E-state index in [1.54, 1.807) is 23.6 Å². The van der Waals surface area contributed by atoms with Crippen molar-refractivity contribution in [2.45, 2.75) is 38.9 Å². The van der Waals surface area contributed by atoms with Gasteiger partial charge in [-0.2, -0.15) is 4.98 Å². The number of carbonyl (C=O) groups is 2. The third-order valence-electron chi connectivity index (χ3n) is 4.88. The van der Waals surface area contributed by atoms with E-state index in [1.165, 1.54) is 0 Å². The van der Waals surface area contributed by atoms with Gasteiger partial charge in [0.15, 0.2) is 0 Å². The first-order chi connectivity index (χ1) is 14.0. The second-order valence-corrected chi connectivity index (χ2v) is 6.95. The molecule has 10 nitrogen and oxygen atoms in total. The lowest BCUT2D eigenvalue weighted by Crippen LogP contribution is -2.39. The number of aromatic nitrogens is 5. The van der Waals surface area contributed by atoms with Crippen molar-refractivity contribution >= 4 is 11.8 Å². The van der Waals surface area contributed by atoms with E-state index < -0.39 is 6.04 Å². The van der Waals surface area contributed by atoms with Crippen LogP contribution in [-0.4, -0.2) is 48.9 Å². The summed E-state index contributed by atoms with van der Waals surface area (Å²) in [4.78, 5) is 30.2. The highest BCUT2D eigenvalue weighted by atomic mass is 16.5. The van der Waals surface area contributed by atoms with Crippen LogP contribution in [0.1, 0.15) is 36.7 Å². The van der Waals surface area contributed by atoms with Crippen molar-refractivity contribution in [3.8, 4) is 11.4 Å². The number of nitrogens with zero attached hydrogens (tertiary/aromatic N) is 6. The molecular formula is C19H21N7O3. The van der Waals surface area contributed by atoms with Crippen molar-refractivity contribution in [2.24, 2.45) is 0 Å². The van der Waals surface area contributed by atoms with Crippen LogP contribution in [0.25, 0.3) is 11.4 Å². The van der Waals surface area contributed by atoms with Gasteiger partial charge in [-0.1, -0.05) is 40.7 Å². The van der Waals surface area contributed by atoms with Crippen molar-refractivity contribution < 1.29 is 14.1 Å². The summed E-state index contributed by atoms with van der Waals surface area (Å²) < 4.78 is 6.84. The van der Waals surface area contributed by atoms with Gasteiger partial charge in [0.1, 0.15) is 11.7 Å². The van der Waals surface area contributed by atoms with Gasteiger partial charge in [0.2, 0.25) is 23.5 Å². The van der Waals surface area contributed by atoms with Gasteiger partial charge in [-0.05, 0) is 6.92 Å². The first kappa shape index (κ1) is 18.8. The molecular weight excluding hydrogens is 374 g/mol. The lowest BCUT2D eigenvalue weighted by molar-refractivity contribution is -0.135. The normalized spacial score (nSPS) is 16.0. The smallest absolute Gasteiger partial charge is 0.247 e. The van der Waals surface area contributed by atoms with Crippen molar-refractivity contribution in [2.75, 3.05) is 7.05 Å². The van der Waals surface area contributed by atoms with Crippen LogP contribution in [0, 0.1) is 0 Å². The summed E-state index contributed by atoms with van der Waals surface area (Å²) in [5.41, 5.74) is 2.36. The lowest BCUT2D eigenvalue weighted by Gasteiger charge is -2.28. The van der Waals surface area contributed by atoms with Gasteiger partial charge < -0.3 is 14.7 Å². The number of hydrogen-bond acceptors (Lipinski definition) is 7. The maximum atomic E-state index is 12.2. The number of rotatable bonds is 6. The highest BCUT2D eigenvalue weighted by Crippen LogP contribution is 2.21. The second kappa shape index (κ2) is 7.82. The van der Waals surface area contributed by atoms with E-state index in [9.17, 15) is 9.59 Å². The van der Waals surface area contributed by atoms with Gasteiger partial charge in [-0.25, -0.2) is 4.68 Å². The van der Waals surface area contributed by atoms with Crippen LogP contribution < -0.4 is 5.32 Å². The average molecular weight is 395 g/mol. The quantitative estimate of drug-likeness (QED) is 0.664. The van der Waals surface area contributed by atoms with Gasteiger partial charge in [0, 0.05) is 25.5 Å². The number of benzene rings is 1. The summed E-state index contributed by atoms with van der Waals surface area (Å²) in [7, 11) is 1.74. The van der Waals surface area contributed by atoms with Gasteiger partial charge in [0.05, 0.1) is 18.8 Å². The van der Waals surface area contributed by atoms with Crippen LogP contribution in [0.4, 0.5) is 0 Å². The van der Waals surface area contributed by atoms with E-state index in [1.807, 2.05) is 30.3 Å². The first-order valence-corrected chi connectivity index (χ1v) is 9.35. The Morgan fingerprint density at radius 1 is 1.31 bits per heavy atom. The number of nitrogens with one attached hydrogen (secondary N) is 1. The monoisotopic (exact) mass is 395 g/mol. The summed E-state index contributed by atoms with van der Waals surface area (Å²) >= 11 is 0. The maximum absolute atomic E-state index is 12.2. The predicted octanol–water partition coefficient (Wildman–Crippen LogP) is 1.11. The van der Waals surface area contributed by atoms with Crippen molar-refractivity contribution in [1.29, 1.82) is 0 Å². The molecule has 0 fully saturated rings. The highest BCUT2D eigenvalue weighted by molar-refractivity contribution is 5.80. The van der Waals surface area contributed by atoms with Crippen LogP contribution in [0.3, 0.4) is 0 Å². The summed E-state index contributed by atoms with van der Waals surface area (Å²) in [5, 5.41) is 15.0. The van der Waals surface area contributed by atoms with Gasteiger partial charge in [-0.15, -0.1) is 5.10 Å². The summed E-state index contributed by atoms with van der Waals surface area (Å²) in [5.74, 6) is 0.755. The Labute approximate surface area is 166 Å². The lowest BCUT2D eigenvalue weighted by atomic mass is 10.2. The molecule has 150 valence electrons. The summed E-state index contributed by atoms with van der Waals surface area (Å²) in [6.45, 7) is 2.46. The van der Waals surface area contributed by atoms with Gasteiger partial charge in [-0.3, -0.25) is 9.59 Å². The van der Waals surface area contributed by atoms with Gasteiger partial charge >= 0.3 is 0 Å². The predicted molar refractivity (Wildman–Crippen MR) is 101 cm³/mol. The summed E-state index contributed by atoms with van der Waals surface area (Å²) in [6, 6.07) is 9.11. The molecule has 10 heteroatoms. The summed E-state index contributed by atoms with van der Waals surface area (Å²) in [6.07, 6.45) is 0.564. The first-order valence-electron chi connectivity index (χ1n) is 9.35. The minimum Gasteiger partial charge on any atom is -0.350 e. The van der Waals surface area contributed by atoms with E-state index in [4.69, 9.17) is 4.52 Å². The molecule has 1 N–H and O–H groups in total. The minimum atomic E-state index is -0.392. The molecule has 0 saturated carbocycles. The zero-order valence-electron chi connectivity index (χ0n) is 16.2. The molecule has 2 amide bonds. The van der Waals surface area contributed by atoms with E-state index in [-0.39, 0.29) is 24.8 Å². The van der Waals surface area contributed by atoms with E-state index >= 15 is 0 Å². The fourth-order valence-electron chi connectivity index (χ4n) is 3.24. The largest absolute Gasteiger partial charge is 0.350 e. The topological polar surface area (TPSA) is 119 Å². The van der Waals surface area contributed by atoms with Crippen LogP contribution in [0.5, 0.6) is 0 Å². The second-order valence-electron chi connectivity index (χ2n) is 6.95. The molecule has 0 aliphatic carbocycles. The zero-order chi connectivity index (χ0) is 20.4. The third-order valence-corrected chi connectivity index (χ3v) is 4.88. The molecule has 3 heterocycles. The van der Waals surface area contributed by atoms with Crippen LogP contribution in [0.2, 0.25) is 0 Å². The number of carbonyl (C=O) groups excluding carboxylic acids is 2. The number of amides is 2. The highest BCUT2D eigenvalue weighted by Gasteiger charge is 2.31.